The van der Waals surface area contributed by atoms with Gasteiger partial charge in [0, 0.05) is 12.2 Å². The lowest BCUT2D eigenvalue weighted by Crippen LogP contribution is -2.19. The average molecular weight is 282 g/mol. The molecule has 0 aliphatic heterocycles. The summed E-state index contributed by atoms with van der Waals surface area (Å²) in [5.41, 5.74) is 0.981. The summed E-state index contributed by atoms with van der Waals surface area (Å²) in [5, 5.41) is 3.40. The molecule has 0 heterocycles. The summed E-state index contributed by atoms with van der Waals surface area (Å²) in [5.74, 6) is 1.53. The van der Waals surface area contributed by atoms with E-state index < -0.39 is 10.0 Å². The fraction of sp³-hybridized carbons (Fsp3) is 0.571. The fourth-order valence-corrected chi connectivity index (χ4v) is 3.37. The first-order valence-electron chi connectivity index (χ1n) is 6.80. The van der Waals surface area contributed by atoms with Crippen LogP contribution >= 0.6 is 0 Å². The van der Waals surface area contributed by atoms with Gasteiger partial charge in [-0.25, -0.2) is 13.1 Å². The molecule has 2 rings (SSSR count). The fourth-order valence-electron chi connectivity index (χ4n) is 2.64. The predicted molar refractivity (Wildman–Crippen MR) is 77.7 cm³/mol. The van der Waals surface area contributed by atoms with Crippen molar-refractivity contribution in [3.8, 4) is 0 Å². The first-order chi connectivity index (χ1) is 9.03. The van der Waals surface area contributed by atoms with E-state index in [9.17, 15) is 8.42 Å². The molecule has 1 aromatic rings. The summed E-state index contributed by atoms with van der Waals surface area (Å²) < 4.78 is 25.5. The Bertz CT molecular complexity index is 511. The third kappa shape index (κ3) is 3.48. The zero-order valence-electron chi connectivity index (χ0n) is 11.5. The van der Waals surface area contributed by atoms with E-state index >= 15 is 0 Å². The Labute approximate surface area is 115 Å². The molecule has 1 fully saturated rings. The van der Waals surface area contributed by atoms with Crippen molar-refractivity contribution in [1.82, 2.24) is 4.72 Å². The molecule has 106 valence electrons. The van der Waals surface area contributed by atoms with Gasteiger partial charge in [-0.05, 0) is 49.6 Å². The van der Waals surface area contributed by atoms with Crippen molar-refractivity contribution in [3.63, 3.8) is 0 Å². The average Bonchev–Trinajstić information content (AvgIpc) is 2.82. The van der Waals surface area contributed by atoms with E-state index in [1.54, 1.807) is 12.1 Å². The van der Waals surface area contributed by atoms with E-state index in [1.165, 1.54) is 26.3 Å². The van der Waals surface area contributed by atoms with Gasteiger partial charge in [-0.2, -0.15) is 0 Å². The van der Waals surface area contributed by atoms with Crippen LogP contribution < -0.4 is 10.0 Å². The monoisotopic (exact) mass is 282 g/mol. The van der Waals surface area contributed by atoms with Gasteiger partial charge >= 0.3 is 0 Å². The van der Waals surface area contributed by atoms with Gasteiger partial charge in [0.2, 0.25) is 10.0 Å². The van der Waals surface area contributed by atoms with Crippen LogP contribution in [-0.2, 0) is 10.0 Å². The van der Waals surface area contributed by atoms with Crippen LogP contribution in [0.5, 0.6) is 0 Å². The number of hydrogen-bond acceptors (Lipinski definition) is 3. The highest BCUT2D eigenvalue weighted by Gasteiger charge is 2.22. The minimum Gasteiger partial charge on any atom is -0.385 e. The van der Waals surface area contributed by atoms with Gasteiger partial charge in [0.25, 0.3) is 0 Å². The van der Waals surface area contributed by atoms with Crippen molar-refractivity contribution < 1.29 is 8.42 Å². The molecular formula is C14H22N2O2S. The molecular weight excluding hydrogens is 260 g/mol. The van der Waals surface area contributed by atoms with E-state index in [-0.39, 0.29) is 0 Å². The Morgan fingerprint density at radius 1 is 1.21 bits per heavy atom. The number of nitrogens with one attached hydrogen (secondary N) is 2. The first kappa shape index (κ1) is 14.3. The van der Waals surface area contributed by atoms with Crippen molar-refractivity contribution in [3.05, 3.63) is 24.3 Å². The SMILES string of the molecule is CNS(=O)(=O)c1ccc(NCC2CCCC2C)cc1. The Kier molecular flexibility index (Phi) is 4.47. The molecule has 1 aliphatic carbocycles. The highest BCUT2D eigenvalue weighted by molar-refractivity contribution is 7.89. The predicted octanol–water partition coefficient (Wildman–Crippen LogP) is 2.44. The Morgan fingerprint density at radius 3 is 2.42 bits per heavy atom. The third-order valence-corrected chi connectivity index (χ3v) is 5.47. The maximum atomic E-state index is 11.6. The largest absolute Gasteiger partial charge is 0.385 e. The van der Waals surface area contributed by atoms with Crippen LogP contribution in [-0.4, -0.2) is 22.0 Å². The number of anilines is 1. The smallest absolute Gasteiger partial charge is 0.240 e. The molecule has 5 heteroatoms. The minimum absolute atomic E-state index is 0.301. The maximum absolute atomic E-state index is 11.6. The second kappa shape index (κ2) is 5.92. The number of benzene rings is 1. The van der Waals surface area contributed by atoms with Crippen molar-refractivity contribution >= 4 is 15.7 Å². The Morgan fingerprint density at radius 2 is 1.89 bits per heavy atom. The van der Waals surface area contributed by atoms with E-state index in [0.717, 1.165) is 24.1 Å². The standard InChI is InChI=1S/C14H22N2O2S/c1-11-4-3-5-12(11)10-16-13-6-8-14(9-7-13)19(17,18)15-2/h6-9,11-12,15-16H,3-5,10H2,1-2H3. The summed E-state index contributed by atoms with van der Waals surface area (Å²) in [6.07, 6.45) is 3.94. The lowest BCUT2D eigenvalue weighted by Gasteiger charge is -2.16. The lowest BCUT2D eigenvalue weighted by molar-refractivity contribution is 0.439. The zero-order chi connectivity index (χ0) is 13.9. The molecule has 1 saturated carbocycles. The van der Waals surface area contributed by atoms with Crippen molar-refractivity contribution in [2.75, 3.05) is 18.9 Å². The highest BCUT2D eigenvalue weighted by atomic mass is 32.2. The molecule has 2 unspecified atom stereocenters. The van der Waals surface area contributed by atoms with Gasteiger partial charge in [0.1, 0.15) is 0 Å². The molecule has 0 spiro atoms. The molecule has 0 bridgehead atoms. The van der Waals surface area contributed by atoms with E-state index in [4.69, 9.17) is 0 Å². The van der Waals surface area contributed by atoms with Crippen LogP contribution in [0, 0.1) is 11.8 Å². The summed E-state index contributed by atoms with van der Waals surface area (Å²) >= 11 is 0. The van der Waals surface area contributed by atoms with Crippen molar-refractivity contribution in [1.29, 1.82) is 0 Å². The number of hydrogen-bond donors (Lipinski definition) is 2. The molecule has 0 aromatic heterocycles. The van der Waals surface area contributed by atoms with Gasteiger partial charge in [-0.3, -0.25) is 0 Å². The van der Waals surface area contributed by atoms with Crippen LogP contribution in [0.4, 0.5) is 5.69 Å². The van der Waals surface area contributed by atoms with Gasteiger partial charge < -0.3 is 5.32 Å². The Hall–Kier alpha value is -1.07. The quantitative estimate of drug-likeness (QED) is 0.872. The van der Waals surface area contributed by atoms with E-state index in [1.807, 2.05) is 12.1 Å². The summed E-state index contributed by atoms with van der Waals surface area (Å²) in [6.45, 7) is 3.28. The molecule has 0 radical (unpaired) electrons. The van der Waals surface area contributed by atoms with E-state index in [0.29, 0.717) is 4.90 Å². The molecule has 1 aromatic carbocycles. The molecule has 1 aliphatic rings. The van der Waals surface area contributed by atoms with Crippen molar-refractivity contribution in [2.24, 2.45) is 11.8 Å². The molecule has 0 saturated heterocycles. The number of sulfonamides is 1. The molecule has 2 atom stereocenters. The van der Waals surface area contributed by atoms with Gasteiger partial charge in [0.05, 0.1) is 4.90 Å². The topological polar surface area (TPSA) is 58.2 Å². The van der Waals surface area contributed by atoms with Crippen LogP contribution in [0.25, 0.3) is 0 Å². The highest BCUT2D eigenvalue weighted by Crippen LogP contribution is 2.31. The first-order valence-corrected chi connectivity index (χ1v) is 8.29. The molecule has 19 heavy (non-hydrogen) atoms. The summed E-state index contributed by atoms with van der Waals surface area (Å²) in [4.78, 5) is 0.301. The second-order valence-corrected chi connectivity index (χ2v) is 7.17. The molecule has 0 amide bonds. The van der Waals surface area contributed by atoms with Gasteiger partial charge in [0.15, 0.2) is 0 Å². The zero-order valence-corrected chi connectivity index (χ0v) is 12.3. The van der Waals surface area contributed by atoms with E-state index in [2.05, 4.69) is 17.0 Å². The van der Waals surface area contributed by atoms with Gasteiger partial charge in [-0.15, -0.1) is 0 Å². The maximum Gasteiger partial charge on any atom is 0.240 e. The minimum atomic E-state index is -3.33. The second-order valence-electron chi connectivity index (χ2n) is 5.28. The molecule has 4 nitrogen and oxygen atoms in total. The third-order valence-electron chi connectivity index (χ3n) is 4.04. The summed E-state index contributed by atoms with van der Waals surface area (Å²) in [6, 6.07) is 6.91. The normalized spacial score (nSPS) is 23.5. The van der Waals surface area contributed by atoms with Gasteiger partial charge in [-0.1, -0.05) is 19.8 Å². The summed E-state index contributed by atoms with van der Waals surface area (Å²) in [7, 11) is -1.91. The van der Waals surface area contributed by atoms with Crippen LogP contribution in [0.15, 0.2) is 29.2 Å². The Balaban J connectivity index is 1.96. The van der Waals surface area contributed by atoms with Crippen molar-refractivity contribution in [2.45, 2.75) is 31.1 Å². The number of rotatable bonds is 5. The lowest BCUT2D eigenvalue weighted by atomic mass is 9.98. The van der Waals surface area contributed by atoms with Crippen LogP contribution in [0.3, 0.4) is 0 Å². The van der Waals surface area contributed by atoms with Crippen LogP contribution in [0.1, 0.15) is 26.2 Å². The molecule has 2 N–H and O–H groups in total. The van der Waals surface area contributed by atoms with Crippen LogP contribution in [0.2, 0.25) is 0 Å².